The summed E-state index contributed by atoms with van der Waals surface area (Å²) in [6.07, 6.45) is 0.718. The van der Waals surface area contributed by atoms with Crippen molar-refractivity contribution in [2.24, 2.45) is 5.73 Å². The molecule has 0 saturated heterocycles. The number of aromatic nitrogens is 3. The molecule has 0 fully saturated rings. The van der Waals surface area contributed by atoms with Gasteiger partial charge in [0.2, 0.25) is 0 Å². The first-order chi connectivity index (χ1) is 11.6. The maximum absolute atomic E-state index is 12.3. The largest absolute Gasteiger partial charge is 0.357 e. The highest BCUT2D eigenvalue weighted by atomic mass is 32.1. The van der Waals surface area contributed by atoms with E-state index in [-0.39, 0.29) is 16.5 Å². The predicted molar refractivity (Wildman–Crippen MR) is 97.6 cm³/mol. The zero-order chi connectivity index (χ0) is 16.8. The second kappa shape index (κ2) is 5.47. The van der Waals surface area contributed by atoms with Crippen LogP contribution in [0, 0.1) is 0 Å². The van der Waals surface area contributed by atoms with Gasteiger partial charge in [-0.3, -0.25) is 14.0 Å². The summed E-state index contributed by atoms with van der Waals surface area (Å²) in [6.45, 7) is 2.46. The molecule has 4 rings (SSSR count). The highest BCUT2D eigenvalue weighted by Gasteiger charge is 2.16. The summed E-state index contributed by atoms with van der Waals surface area (Å²) < 4.78 is 3.39. The summed E-state index contributed by atoms with van der Waals surface area (Å²) >= 11 is 1.22. The Morgan fingerprint density at radius 3 is 2.71 bits per heavy atom. The van der Waals surface area contributed by atoms with Gasteiger partial charge in [-0.2, -0.15) is 0 Å². The van der Waals surface area contributed by atoms with E-state index in [1.54, 1.807) is 0 Å². The van der Waals surface area contributed by atoms with Gasteiger partial charge in [0.25, 0.3) is 11.1 Å². The van der Waals surface area contributed by atoms with Gasteiger partial charge in [0.15, 0.2) is 0 Å². The van der Waals surface area contributed by atoms with Crippen LogP contribution >= 0.6 is 11.5 Å². The maximum Gasteiger partial charge on any atom is 0.271 e. The van der Waals surface area contributed by atoms with Gasteiger partial charge in [-0.1, -0.05) is 24.5 Å². The van der Waals surface area contributed by atoms with E-state index in [1.807, 2.05) is 31.2 Å². The smallest absolute Gasteiger partial charge is 0.271 e. The zero-order valence-corrected chi connectivity index (χ0v) is 13.8. The molecule has 0 spiro atoms. The Labute approximate surface area is 140 Å². The van der Waals surface area contributed by atoms with Gasteiger partial charge < -0.3 is 15.7 Å². The van der Waals surface area contributed by atoms with Crippen LogP contribution < -0.4 is 16.9 Å². The van der Waals surface area contributed by atoms with Crippen LogP contribution in [0.1, 0.15) is 18.2 Å². The molecular weight excluding hydrogens is 324 g/mol. The number of aromatic amines is 3. The van der Waals surface area contributed by atoms with E-state index in [4.69, 9.17) is 5.73 Å². The summed E-state index contributed by atoms with van der Waals surface area (Å²) in [5, 5.41) is 1.26. The monoisotopic (exact) mass is 340 g/mol. The van der Waals surface area contributed by atoms with E-state index >= 15 is 0 Å². The second-order valence-electron chi connectivity index (χ2n) is 5.70. The summed E-state index contributed by atoms with van der Waals surface area (Å²) in [5.74, 6) is 0. The number of aryl methyl sites for hydroxylation is 1. The molecule has 0 amide bonds. The molecule has 0 unspecified atom stereocenters. The van der Waals surface area contributed by atoms with Crippen LogP contribution in [0.25, 0.3) is 32.2 Å². The van der Waals surface area contributed by atoms with Crippen molar-refractivity contribution in [3.05, 3.63) is 56.2 Å². The quantitative estimate of drug-likeness (QED) is 0.460. The van der Waals surface area contributed by atoms with Crippen molar-refractivity contribution in [1.29, 1.82) is 0 Å². The van der Waals surface area contributed by atoms with Gasteiger partial charge in [-0.05, 0) is 35.7 Å². The van der Waals surface area contributed by atoms with Crippen LogP contribution in [0.5, 0.6) is 0 Å². The molecule has 6 nitrogen and oxygen atoms in total. The van der Waals surface area contributed by atoms with E-state index in [0.29, 0.717) is 6.54 Å². The van der Waals surface area contributed by atoms with E-state index < -0.39 is 0 Å². The Morgan fingerprint density at radius 1 is 1.12 bits per heavy atom. The molecule has 4 aromatic rings. The summed E-state index contributed by atoms with van der Waals surface area (Å²) in [4.78, 5) is 30.3. The van der Waals surface area contributed by atoms with Crippen LogP contribution in [-0.2, 0) is 13.0 Å². The van der Waals surface area contributed by atoms with Crippen LogP contribution in [0.2, 0.25) is 0 Å². The first-order valence-electron chi connectivity index (χ1n) is 7.70. The minimum Gasteiger partial charge on any atom is -0.357 e. The summed E-state index contributed by atoms with van der Waals surface area (Å²) in [6, 6.07) is 7.97. The molecule has 122 valence electrons. The van der Waals surface area contributed by atoms with E-state index in [0.717, 1.165) is 44.5 Å². The molecule has 24 heavy (non-hydrogen) atoms. The fraction of sp³-hybridized carbons (Fsp3) is 0.176. The van der Waals surface area contributed by atoms with Crippen LogP contribution in [0.15, 0.2) is 33.9 Å². The summed E-state index contributed by atoms with van der Waals surface area (Å²) in [5.41, 5.74) is 9.63. The molecule has 0 saturated carbocycles. The average Bonchev–Trinajstić information content (AvgIpc) is 3.17. The van der Waals surface area contributed by atoms with Crippen LogP contribution in [-0.4, -0.2) is 14.3 Å². The lowest BCUT2D eigenvalue weighted by molar-refractivity contribution is 1.02. The number of pyridine rings is 1. The van der Waals surface area contributed by atoms with Crippen molar-refractivity contribution in [3.63, 3.8) is 0 Å². The van der Waals surface area contributed by atoms with E-state index in [1.165, 1.54) is 11.5 Å². The SMILES string of the molecule is CCc1c(-c2ccc3[nH]c(CN)cc3c2)[nH]c(=O)c2c(=O)[nH]sc12. The summed E-state index contributed by atoms with van der Waals surface area (Å²) in [7, 11) is 0. The minimum atomic E-state index is -0.350. The number of hydrogen-bond acceptors (Lipinski definition) is 4. The van der Waals surface area contributed by atoms with E-state index in [2.05, 4.69) is 14.3 Å². The van der Waals surface area contributed by atoms with Gasteiger partial charge in [-0.15, -0.1) is 0 Å². The van der Waals surface area contributed by atoms with Gasteiger partial charge in [-0.25, -0.2) is 0 Å². The van der Waals surface area contributed by atoms with Gasteiger partial charge in [0.1, 0.15) is 5.39 Å². The molecule has 0 bridgehead atoms. The third-order valence-electron chi connectivity index (χ3n) is 4.28. The first kappa shape index (κ1) is 14.9. The topological polar surface area (TPSA) is 108 Å². The second-order valence-corrected chi connectivity index (χ2v) is 6.52. The lowest BCUT2D eigenvalue weighted by atomic mass is 10.0. The Balaban J connectivity index is 2.02. The molecule has 0 atom stereocenters. The van der Waals surface area contributed by atoms with Gasteiger partial charge >= 0.3 is 0 Å². The number of fused-ring (bicyclic) bond motifs is 2. The molecule has 0 aliphatic carbocycles. The highest BCUT2D eigenvalue weighted by Crippen LogP contribution is 2.30. The van der Waals surface area contributed by atoms with Crippen molar-refractivity contribution < 1.29 is 0 Å². The normalized spacial score (nSPS) is 11.6. The van der Waals surface area contributed by atoms with Gasteiger partial charge in [0.05, 0.1) is 10.4 Å². The molecule has 1 aromatic carbocycles. The number of nitrogens with one attached hydrogen (secondary N) is 3. The Morgan fingerprint density at radius 2 is 1.96 bits per heavy atom. The third-order valence-corrected chi connectivity index (χ3v) is 5.22. The molecular formula is C17H16N4O2S. The Bertz CT molecular complexity index is 1180. The van der Waals surface area contributed by atoms with Crippen molar-refractivity contribution >= 4 is 32.5 Å². The number of nitrogens with two attached hydrogens (primary N) is 1. The molecule has 0 radical (unpaired) electrons. The number of H-pyrrole nitrogens is 3. The zero-order valence-electron chi connectivity index (χ0n) is 13.0. The lowest BCUT2D eigenvalue weighted by Crippen LogP contribution is -2.15. The first-order valence-corrected chi connectivity index (χ1v) is 8.52. The standard InChI is InChI=1S/C17H16N4O2S/c1-2-11-14(20-16(22)13-15(11)24-21-17(13)23)8-3-4-12-9(5-8)6-10(7-18)19-12/h3-6,19H,2,7,18H2,1H3,(H,20,22)(H,21,23). The predicted octanol–water partition coefficient (Wildman–Crippen LogP) is 2.45. The molecule has 3 heterocycles. The van der Waals surface area contributed by atoms with Crippen molar-refractivity contribution in [1.82, 2.24) is 14.3 Å². The van der Waals surface area contributed by atoms with Crippen LogP contribution in [0.4, 0.5) is 0 Å². The molecule has 5 N–H and O–H groups in total. The fourth-order valence-corrected chi connectivity index (χ4v) is 4.08. The average molecular weight is 340 g/mol. The Kier molecular flexibility index (Phi) is 3.40. The maximum atomic E-state index is 12.3. The number of rotatable bonds is 3. The number of benzene rings is 1. The van der Waals surface area contributed by atoms with Crippen molar-refractivity contribution in [3.8, 4) is 11.3 Å². The molecule has 0 aliphatic heterocycles. The van der Waals surface area contributed by atoms with Gasteiger partial charge in [0, 0.05) is 23.1 Å². The lowest BCUT2D eigenvalue weighted by Gasteiger charge is -2.09. The minimum absolute atomic E-state index is 0.216. The van der Waals surface area contributed by atoms with Crippen molar-refractivity contribution in [2.75, 3.05) is 0 Å². The molecule has 3 aromatic heterocycles. The molecule has 7 heteroatoms. The fourth-order valence-electron chi connectivity index (χ4n) is 3.13. The van der Waals surface area contributed by atoms with E-state index in [9.17, 15) is 9.59 Å². The van der Waals surface area contributed by atoms with Crippen LogP contribution in [0.3, 0.4) is 0 Å². The Hall–Kier alpha value is -2.64. The molecule has 0 aliphatic rings. The van der Waals surface area contributed by atoms with Crippen molar-refractivity contribution in [2.45, 2.75) is 19.9 Å². The highest BCUT2D eigenvalue weighted by molar-refractivity contribution is 7.13. The third kappa shape index (κ3) is 2.13. The number of hydrogen-bond donors (Lipinski definition) is 4.